The summed E-state index contributed by atoms with van der Waals surface area (Å²) >= 11 is 0. The second kappa shape index (κ2) is 18.5. The van der Waals surface area contributed by atoms with Gasteiger partial charge in [0.15, 0.2) is 0 Å². The van der Waals surface area contributed by atoms with Gasteiger partial charge in [-0.3, -0.25) is 14.6 Å². The second-order valence-electron chi connectivity index (χ2n) is 14.5. The van der Waals surface area contributed by atoms with Crippen molar-refractivity contribution in [2.75, 3.05) is 28.6 Å². The van der Waals surface area contributed by atoms with Crippen molar-refractivity contribution in [2.45, 2.75) is 39.5 Å². The number of carbonyl (C=O) groups excluding carboxylic acids is 2. The molecule has 298 valence electrons. The molecule has 2 aliphatic rings. The Morgan fingerprint density at radius 1 is 0.567 bits per heavy atom. The van der Waals surface area contributed by atoms with E-state index in [0.717, 1.165) is 80.5 Å². The highest BCUT2D eigenvalue weighted by Crippen LogP contribution is 2.30. The monoisotopic (exact) mass is 788 g/mol. The minimum absolute atomic E-state index is 0.0953. The van der Waals surface area contributed by atoms with Crippen LogP contribution in [0.5, 0.6) is 0 Å². The molecule has 8 nitrogen and oxygen atoms in total. The van der Waals surface area contributed by atoms with Crippen molar-refractivity contribution in [2.24, 2.45) is 0 Å². The molecule has 0 atom stereocenters. The fraction of sp³-hybridized carbons (Fsp3) is 0.154. The molecule has 8 heteroatoms. The Morgan fingerprint density at radius 2 is 1.13 bits per heavy atom. The first-order valence-electron chi connectivity index (χ1n) is 20.8. The molecule has 1 fully saturated rings. The highest BCUT2D eigenvalue weighted by molar-refractivity contribution is 6.21. The number of fused-ring (bicyclic) bond motifs is 4. The standard InChI is InChI=1S/C26H25N3O.C24H17N3O.C2H6/c30-26(27-19-13-15-20(16-14-19)29-17-7-2-8-18-29)25-21-9-3-1-4-11-23(21)28-24-12-6-5-10-22(24)25;28-24(26-21-13-5-6-14-22(21)27-15-7-8-16-27)23-17-9-1-3-11-19(17)25-20-12-4-2-10-18(20)23;1-2/h1,3-6,9-10,12-16H,2,7-8,11,17-18H2,(H,27,30);1-16H,(H,26,28);1-2H3. The lowest BCUT2D eigenvalue weighted by Gasteiger charge is -2.28. The number of nitrogens with one attached hydrogen (secondary N) is 2. The van der Waals surface area contributed by atoms with E-state index in [1.807, 2.05) is 170 Å². The molecule has 8 aromatic rings. The van der Waals surface area contributed by atoms with Crippen LogP contribution in [0.2, 0.25) is 0 Å². The summed E-state index contributed by atoms with van der Waals surface area (Å²) in [7, 11) is 0. The molecule has 10 rings (SSSR count). The number of rotatable bonds is 6. The Kier molecular flexibility index (Phi) is 12.2. The normalized spacial score (nSPS) is 13.1. The van der Waals surface area contributed by atoms with Crippen LogP contribution in [-0.2, 0) is 6.42 Å². The molecule has 5 aromatic carbocycles. The average molecular weight is 789 g/mol. The van der Waals surface area contributed by atoms with Crippen LogP contribution >= 0.6 is 0 Å². The maximum Gasteiger partial charge on any atom is 0.257 e. The number of piperidine rings is 1. The Hall–Kier alpha value is -7.32. The zero-order chi connectivity index (χ0) is 41.3. The number of para-hydroxylation sites is 5. The third-order valence-corrected chi connectivity index (χ3v) is 10.8. The Balaban J connectivity index is 0.000000160. The van der Waals surface area contributed by atoms with Crippen molar-refractivity contribution in [3.63, 3.8) is 0 Å². The third kappa shape index (κ3) is 8.45. The van der Waals surface area contributed by atoms with Crippen molar-refractivity contribution in [1.29, 1.82) is 0 Å². The third-order valence-electron chi connectivity index (χ3n) is 10.8. The largest absolute Gasteiger partial charge is 0.372 e. The summed E-state index contributed by atoms with van der Waals surface area (Å²) in [4.78, 5) is 38.7. The topological polar surface area (TPSA) is 92.1 Å². The molecule has 2 N–H and O–H groups in total. The number of hydrogen-bond donors (Lipinski definition) is 2. The zero-order valence-electron chi connectivity index (χ0n) is 34.0. The molecule has 0 saturated carbocycles. The van der Waals surface area contributed by atoms with Crippen molar-refractivity contribution < 1.29 is 9.59 Å². The summed E-state index contributed by atoms with van der Waals surface area (Å²) in [5.74, 6) is -0.239. The van der Waals surface area contributed by atoms with Crippen molar-refractivity contribution in [1.82, 2.24) is 14.5 Å². The summed E-state index contributed by atoms with van der Waals surface area (Å²) in [6, 6.07) is 43.3. The Bertz CT molecular complexity index is 2780. The Morgan fingerprint density at radius 3 is 1.80 bits per heavy atom. The lowest BCUT2D eigenvalue weighted by atomic mass is 9.98. The number of hydrogen-bond acceptors (Lipinski definition) is 5. The number of anilines is 3. The fourth-order valence-corrected chi connectivity index (χ4v) is 7.94. The first kappa shape index (κ1) is 39.5. The number of nitrogens with zero attached hydrogens (tertiary/aromatic N) is 4. The fourth-order valence-electron chi connectivity index (χ4n) is 7.94. The summed E-state index contributed by atoms with van der Waals surface area (Å²) in [6.45, 7) is 6.22. The van der Waals surface area contributed by atoms with Gasteiger partial charge in [0.2, 0.25) is 0 Å². The van der Waals surface area contributed by atoms with Crippen LogP contribution in [0.1, 0.15) is 65.1 Å². The van der Waals surface area contributed by atoms with Gasteiger partial charge in [-0.2, -0.15) is 0 Å². The number of carbonyl (C=O) groups is 2. The molecule has 60 heavy (non-hydrogen) atoms. The molecule has 0 spiro atoms. The molecular weight excluding hydrogens is 741 g/mol. The van der Waals surface area contributed by atoms with E-state index >= 15 is 0 Å². The first-order valence-corrected chi connectivity index (χ1v) is 20.8. The van der Waals surface area contributed by atoms with E-state index in [-0.39, 0.29) is 11.8 Å². The maximum atomic E-state index is 13.4. The summed E-state index contributed by atoms with van der Waals surface area (Å²) in [6.07, 6.45) is 16.5. The van der Waals surface area contributed by atoms with E-state index < -0.39 is 0 Å². The lowest BCUT2D eigenvalue weighted by molar-refractivity contribution is 0.102. The van der Waals surface area contributed by atoms with E-state index in [1.54, 1.807) is 0 Å². The number of amides is 2. The van der Waals surface area contributed by atoms with E-state index in [0.29, 0.717) is 11.1 Å². The summed E-state index contributed by atoms with van der Waals surface area (Å²) in [5, 5.41) is 8.79. The van der Waals surface area contributed by atoms with Crippen molar-refractivity contribution in [3.05, 3.63) is 186 Å². The van der Waals surface area contributed by atoms with Crippen LogP contribution in [-0.4, -0.2) is 39.4 Å². The van der Waals surface area contributed by atoms with Crippen LogP contribution in [0, 0.1) is 0 Å². The average Bonchev–Trinajstić information content (AvgIpc) is 3.74. The molecule has 2 amide bonds. The predicted molar refractivity (Wildman–Crippen MR) is 248 cm³/mol. The van der Waals surface area contributed by atoms with Gasteiger partial charge < -0.3 is 20.1 Å². The Labute approximate surface area is 350 Å². The molecule has 4 heterocycles. The van der Waals surface area contributed by atoms with E-state index in [9.17, 15) is 9.59 Å². The van der Waals surface area contributed by atoms with Crippen molar-refractivity contribution in [3.8, 4) is 5.69 Å². The molecule has 0 unspecified atom stereocenters. The highest BCUT2D eigenvalue weighted by Gasteiger charge is 2.21. The van der Waals surface area contributed by atoms with Crippen LogP contribution in [0.3, 0.4) is 0 Å². The van der Waals surface area contributed by atoms with Crippen LogP contribution < -0.4 is 15.5 Å². The van der Waals surface area contributed by atoms with Gasteiger partial charge in [-0.15, -0.1) is 0 Å². The maximum absolute atomic E-state index is 13.4. The SMILES string of the molecule is CC.O=C(Nc1ccc(N2CCCCC2)cc1)c1c2c(nc3ccccc13)CC=CC=C2.O=C(Nc1ccccc1-n1cccc1)c1c2ccccc2nc2ccccc12. The van der Waals surface area contributed by atoms with Gasteiger partial charge in [0.1, 0.15) is 0 Å². The molecular formula is C52H48N6O2. The first-order chi connectivity index (χ1) is 29.6. The smallest absolute Gasteiger partial charge is 0.257 e. The predicted octanol–water partition coefficient (Wildman–Crippen LogP) is 12.1. The number of allylic oxidation sites excluding steroid dienone is 3. The summed E-state index contributed by atoms with van der Waals surface area (Å²) in [5.41, 5.74) is 9.36. The van der Waals surface area contributed by atoms with Gasteiger partial charge in [0.25, 0.3) is 11.8 Å². The molecule has 0 radical (unpaired) electrons. The molecule has 1 aliphatic carbocycles. The lowest BCUT2D eigenvalue weighted by Crippen LogP contribution is -2.29. The molecule has 1 aliphatic heterocycles. The second-order valence-corrected chi connectivity index (χ2v) is 14.5. The van der Waals surface area contributed by atoms with Gasteiger partial charge >= 0.3 is 0 Å². The van der Waals surface area contributed by atoms with Crippen LogP contribution in [0.25, 0.3) is 44.5 Å². The molecule has 0 bridgehead atoms. The molecule has 3 aromatic heterocycles. The van der Waals surface area contributed by atoms with E-state index in [4.69, 9.17) is 9.97 Å². The van der Waals surface area contributed by atoms with Crippen LogP contribution in [0.15, 0.2) is 164 Å². The van der Waals surface area contributed by atoms with Gasteiger partial charge in [0, 0.05) is 65.0 Å². The van der Waals surface area contributed by atoms with Crippen molar-refractivity contribution >= 4 is 67.7 Å². The highest BCUT2D eigenvalue weighted by atomic mass is 16.2. The van der Waals surface area contributed by atoms with Gasteiger partial charge in [-0.1, -0.05) is 105 Å². The minimum Gasteiger partial charge on any atom is -0.372 e. The number of pyridine rings is 2. The minimum atomic E-state index is -0.144. The number of aromatic nitrogens is 3. The summed E-state index contributed by atoms with van der Waals surface area (Å²) < 4.78 is 1.98. The molecule has 1 saturated heterocycles. The van der Waals surface area contributed by atoms with Crippen LogP contribution in [0.4, 0.5) is 17.1 Å². The zero-order valence-corrected chi connectivity index (χ0v) is 34.0. The van der Waals surface area contributed by atoms with E-state index in [2.05, 4.69) is 33.7 Å². The number of benzene rings is 5. The van der Waals surface area contributed by atoms with Gasteiger partial charge in [0.05, 0.1) is 44.7 Å². The van der Waals surface area contributed by atoms with E-state index in [1.165, 1.54) is 24.9 Å². The quantitative estimate of drug-likeness (QED) is 0.164. The van der Waals surface area contributed by atoms with Gasteiger partial charge in [-0.05, 0) is 86.0 Å². The van der Waals surface area contributed by atoms with Gasteiger partial charge in [-0.25, -0.2) is 4.98 Å².